The number of urea groups is 1. The Morgan fingerprint density at radius 3 is 2.50 bits per heavy atom. The van der Waals surface area contributed by atoms with Gasteiger partial charge in [0.1, 0.15) is 0 Å². The first-order chi connectivity index (χ1) is 10.6. The quantitative estimate of drug-likeness (QED) is 0.892. The zero-order valence-corrected chi connectivity index (χ0v) is 13.0. The Kier molecular flexibility index (Phi) is 5.55. The van der Waals surface area contributed by atoms with Crippen molar-refractivity contribution >= 4 is 6.03 Å². The highest BCUT2D eigenvalue weighted by Crippen LogP contribution is 2.21. The Hall–Kier alpha value is -2.33. The van der Waals surface area contributed by atoms with Gasteiger partial charge in [-0.25, -0.2) is 4.79 Å². The average molecular weight is 298 g/mol. The van der Waals surface area contributed by atoms with E-state index in [2.05, 4.69) is 42.6 Å². The molecule has 116 valence electrons. The number of benzene rings is 2. The summed E-state index contributed by atoms with van der Waals surface area (Å²) < 4.78 is 0. The van der Waals surface area contributed by atoms with Gasteiger partial charge in [-0.05, 0) is 29.7 Å². The van der Waals surface area contributed by atoms with Crippen molar-refractivity contribution in [3.63, 3.8) is 0 Å². The van der Waals surface area contributed by atoms with E-state index in [1.165, 1.54) is 16.0 Å². The molecule has 0 fully saturated rings. The van der Waals surface area contributed by atoms with Crippen LogP contribution < -0.4 is 5.32 Å². The number of likely N-dealkylation sites (N-methyl/N-ethyl adjacent to an activating group) is 1. The second-order valence-electron chi connectivity index (χ2n) is 5.37. The number of carbonyl (C=O) groups excluding carboxylic acids is 1. The predicted octanol–water partition coefficient (Wildman–Crippen LogP) is 2.80. The molecule has 4 nitrogen and oxygen atoms in total. The second-order valence-corrected chi connectivity index (χ2v) is 5.37. The van der Waals surface area contributed by atoms with Crippen molar-refractivity contribution < 1.29 is 9.90 Å². The monoisotopic (exact) mass is 298 g/mol. The molecule has 4 heteroatoms. The largest absolute Gasteiger partial charge is 0.395 e. The summed E-state index contributed by atoms with van der Waals surface area (Å²) in [7, 11) is 1.66. The number of nitrogens with zero attached hydrogens (tertiary/aromatic N) is 1. The van der Waals surface area contributed by atoms with E-state index in [9.17, 15) is 4.79 Å². The Labute approximate surface area is 131 Å². The number of aryl methyl sites for hydroxylation is 1. The molecule has 0 unspecified atom stereocenters. The van der Waals surface area contributed by atoms with Crippen LogP contribution in [0.2, 0.25) is 0 Å². The molecular weight excluding hydrogens is 276 g/mol. The van der Waals surface area contributed by atoms with Gasteiger partial charge < -0.3 is 15.3 Å². The molecule has 22 heavy (non-hydrogen) atoms. The molecule has 0 saturated heterocycles. The van der Waals surface area contributed by atoms with E-state index in [1.807, 2.05) is 18.2 Å². The van der Waals surface area contributed by atoms with Crippen LogP contribution in [0.5, 0.6) is 0 Å². The van der Waals surface area contributed by atoms with Crippen LogP contribution in [0.1, 0.15) is 11.1 Å². The van der Waals surface area contributed by atoms with Crippen molar-refractivity contribution in [2.45, 2.75) is 13.5 Å². The van der Waals surface area contributed by atoms with Gasteiger partial charge in [-0.15, -0.1) is 0 Å². The van der Waals surface area contributed by atoms with Gasteiger partial charge in [0.15, 0.2) is 0 Å². The average Bonchev–Trinajstić information content (AvgIpc) is 2.53. The maximum absolute atomic E-state index is 11.8. The van der Waals surface area contributed by atoms with Crippen molar-refractivity contribution in [3.8, 4) is 11.1 Å². The standard InChI is InChI=1S/C18H22N2O2/c1-14-5-3-7-16(11-14)17-8-4-6-15(12-17)13-19-18(22)20(2)9-10-21/h3-8,11-12,21H,9-10,13H2,1-2H3,(H,19,22). The maximum Gasteiger partial charge on any atom is 0.317 e. The van der Waals surface area contributed by atoms with E-state index in [0.29, 0.717) is 13.1 Å². The van der Waals surface area contributed by atoms with Crippen LogP contribution in [0.15, 0.2) is 48.5 Å². The Morgan fingerprint density at radius 1 is 1.14 bits per heavy atom. The molecule has 2 rings (SSSR count). The van der Waals surface area contributed by atoms with Crippen molar-refractivity contribution in [2.24, 2.45) is 0 Å². The first-order valence-electron chi connectivity index (χ1n) is 7.36. The molecule has 0 spiro atoms. The molecule has 2 aromatic rings. The molecular formula is C18H22N2O2. The van der Waals surface area contributed by atoms with Crippen LogP contribution in [0.25, 0.3) is 11.1 Å². The van der Waals surface area contributed by atoms with Crippen LogP contribution in [0.3, 0.4) is 0 Å². The highest BCUT2D eigenvalue weighted by molar-refractivity contribution is 5.74. The van der Waals surface area contributed by atoms with Crippen molar-refractivity contribution in [1.29, 1.82) is 0 Å². The molecule has 0 aromatic heterocycles. The topological polar surface area (TPSA) is 52.6 Å². The molecule has 2 amide bonds. The predicted molar refractivity (Wildman–Crippen MR) is 88.6 cm³/mol. The SMILES string of the molecule is Cc1cccc(-c2cccc(CNC(=O)N(C)CCO)c2)c1. The molecule has 0 radical (unpaired) electrons. The summed E-state index contributed by atoms with van der Waals surface area (Å²) in [5.74, 6) is 0. The van der Waals surface area contributed by atoms with Crippen LogP contribution in [-0.4, -0.2) is 36.2 Å². The minimum atomic E-state index is -0.185. The maximum atomic E-state index is 11.8. The normalized spacial score (nSPS) is 10.3. The first-order valence-corrected chi connectivity index (χ1v) is 7.36. The van der Waals surface area contributed by atoms with E-state index in [-0.39, 0.29) is 12.6 Å². The fourth-order valence-corrected chi connectivity index (χ4v) is 2.25. The highest BCUT2D eigenvalue weighted by atomic mass is 16.3. The lowest BCUT2D eigenvalue weighted by molar-refractivity contribution is 0.190. The third-order valence-electron chi connectivity index (χ3n) is 3.50. The molecule has 0 atom stereocenters. The zero-order chi connectivity index (χ0) is 15.9. The highest BCUT2D eigenvalue weighted by Gasteiger charge is 2.07. The molecule has 0 aliphatic carbocycles. The Balaban J connectivity index is 2.04. The molecule has 2 aromatic carbocycles. The van der Waals surface area contributed by atoms with E-state index in [1.54, 1.807) is 7.05 Å². The minimum Gasteiger partial charge on any atom is -0.395 e. The van der Waals surface area contributed by atoms with Crippen molar-refractivity contribution in [2.75, 3.05) is 20.2 Å². The van der Waals surface area contributed by atoms with E-state index in [0.717, 1.165) is 11.1 Å². The van der Waals surface area contributed by atoms with Crippen LogP contribution in [0.4, 0.5) is 4.79 Å². The number of hydrogen-bond acceptors (Lipinski definition) is 2. The number of rotatable bonds is 5. The lowest BCUT2D eigenvalue weighted by Crippen LogP contribution is -2.38. The van der Waals surface area contributed by atoms with Gasteiger partial charge in [0, 0.05) is 20.1 Å². The van der Waals surface area contributed by atoms with Gasteiger partial charge in [0.25, 0.3) is 0 Å². The third-order valence-corrected chi connectivity index (χ3v) is 3.50. The van der Waals surface area contributed by atoms with E-state index >= 15 is 0 Å². The summed E-state index contributed by atoms with van der Waals surface area (Å²) in [6, 6.07) is 16.3. The number of carbonyl (C=O) groups is 1. The van der Waals surface area contributed by atoms with Crippen LogP contribution in [-0.2, 0) is 6.54 Å². The second kappa shape index (κ2) is 7.61. The zero-order valence-electron chi connectivity index (χ0n) is 13.0. The summed E-state index contributed by atoms with van der Waals surface area (Å²) in [6.45, 7) is 2.83. The van der Waals surface area contributed by atoms with Gasteiger partial charge in [-0.2, -0.15) is 0 Å². The molecule has 0 saturated carbocycles. The molecule has 0 aliphatic heterocycles. The summed E-state index contributed by atoms with van der Waals surface area (Å²) in [5.41, 5.74) is 4.58. The van der Waals surface area contributed by atoms with Gasteiger partial charge in [-0.3, -0.25) is 0 Å². The summed E-state index contributed by atoms with van der Waals surface area (Å²) >= 11 is 0. The Bertz CT molecular complexity index is 640. The number of hydrogen-bond donors (Lipinski definition) is 2. The van der Waals surface area contributed by atoms with Gasteiger partial charge >= 0.3 is 6.03 Å². The van der Waals surface area contributed by atoms with Crippen molar-refractivity contribution in [3.05, 3.63) is 59.7 Å². The van der Waals surface area contributed by atoms with E-state index in [4.69, 9.17) is 5.11 Å². The lowest BCUT2D eigenvalue weighted by atomic mass is 10.0. The summed E-state index contributed by atoms with van der Waals surface area (Å²) in [5, 5.41) is 11.7. The first kappa shape index (κ1) is 16.0. The van der Waals surface area contributed by atoms with Crippen LogP contribution in [0, 0.1) is 6.92 Å². The number of amides is 2. The van der Waals surface area contributed by atoms with Gasteiger partial charge in [0.2, 0.25) is 0 Å². The number of nitrogens with one attached hydrogen (secondary N) is 1. The fraction of sp³-hybridized carbons (Fsp3) is 0.278. The molecule has 0 bridgehead atoms. The fourth-order valence-electron chi connectivity index (χ4n) is 2.25. The molecule has 0 aliphatic rings. The molecule has 2 N–H and O–H groups in total. The number of aliphatic hydroxyl groups is 1. The number of aliphatic hydroxyl groups excluding tert-OH is 1. The van der Waals surface area contributed by atoms with Crippen molar-refractivity contribution in [1.82, 2.24) is 10.2 Å². The van der Waals surface area contributed by atoms with Crippen LogP contribution >= 0.6 is 0 Å². The third kappa shape index (κ3) is 4.33. The van der Waals surface area contributed by atoms with E-state index < -0.39 is 0 Å². The summed E-state index contributed by atoms with van der Waals surface area (Å²) in [4.78, 5) is 13.3. The van der Waals surface area contributed by atoms with Gasteiger partial charge in [0.05, 0.1) is 6.61 Å². The molecule has 0 heterocycles. The lowest BCUT2D eigenvalue weighted by Gasteiger charge is -2.16. The summed E-state index contributed by atoms with van der Waals surface area (Å²) in [6.07, 6.45) is 0. The minimum absolute atomic E-state index is 0.0350. The van der Waals surface area contributed by atoms with Gasteiger partial charge in [-0.1, -0.05) is 48.0 Å². The Morgan fingerprint density at radius 2 is 1.82 bits per heavy atom. The smallest absolute Gasteiger partial charge is 0.317 e.